The van der Waals surface area contributed by atoms with Crippen molar-refractivity contribution >= 4 is 5.97 Å². The number of carbonyl (C=O) groups is 1. The number of aliphatic carboxylic acids is 1. The van der Waals surface area contributed by atoms with Crippen molar-refractivity contribution in [3.63, 3.8) is 0 Å². The van der Waals surface area contributed by atoms with Crippen molar-refractivity contribution in [1.29, 1.82) is 0 Å². The highest BCUT2D eigenvalue weighted by Crippen LogP contribution is 2.15. The summed E-state index contributed by atoms with van der Waals surface area (Å²) in [6.07, 6.45) is -0.511. The first-order valence-corrected chi connectivity index (χ1v) is 3.50. The van der Waals surface area contributed by atoms with Gasteiger partial charge in [0.05, 0.1) is 0 Å². The van der Waals surface area contributed by atoms with Gasteiger partial charge in [0.2, 0.25) is 0 Å². The van der Waals surface area contributed by atoms with E-state index in [0.29, 0.717) is 12.8 Å². The van der Waals surface area contributed by atoms with Crippen LogP contribution in [0.25, 0.3) is 0 Å². The van der Waals surface area contributed by atoms with Gasteiger partial charge in [0.25, 0.3) is 0 Å². The fourth-order valence-corrected chi connectivity index (χ4v) is 0.904. The van der Waals surface area contributed by atoms with E-state index < -0.39 is 12.1 Å². The largest absolute Gasteiger partial charge is 0.479 e. The number of carboxylic acid groups (broad SMARTS) is 1. The van der Waals surface area contributed by atoms with Crippen LogP contribution in [0.2, 0.25) is 0 Å². The van der Waals surface area contributed by atoms with Gasteiger partial charge in [-0.3, -0.25) is 0 Å². The van der Waals surface area contributed by atoms with Gasteiger partial charge in [-0.25, -0.2) is 9.18 Å². The van der Waals surface area contributed by atoms with Crippen LogP contribution in [0.5, 0.6) is 0 Å². The highest BCUT2D eigenvalue weighted by Gasteiger charge is 2.24. The fourth-order valence-electron chi connectivity index (χ4n) is 0.904. The van der Waals surface area contributed by atoms with Crippen molar-refractivity contribution in [1.82, 2.24) is 0 Å². The van der Waals surface area contributed by atoms with Crippen molar-refractivity contribution in [2.75, 3.05) is 0 Å². The first-order chi connectivity index (χ1) is 4.63. The molecule has 1 atom stereocenters. The molecule has 0 bridgehead atoms. The van der Waals surface area contributed by atoms with Gasteiger partial charge < -0.3 is 5.11 Å². The minimum Gasteiger partial charge on any atom is -0.479 e. The van der Waals surface area contributed by atoms with Gasteiger partial charge in [0.15, 0.2) is 6.17 Å². The molecule has 0 fully saturated rings. The van der Waals surface area contributed by atoms with Gasteiger partial charge in [-0.05, 0) is 12.8 Å². The number of alkyl halides is 1. The molecule has 0 saturated carbocycles. The third kappa shape index (κ3) is 2.33. The van der Waals surface area contributed by atoms with Crippen LogP contribution < -0.4 is 0 Å². The van der Waals surface area contributed by atoms with E-state index in [0.717, 1.165) is 0 Å². The second-order valence-corrected chi connectivity index (χ2v) is 2.32. The maximum Gasteiger partial charge on any atom is 0.338 e. The molecule has 0 heterocycles. The van der Waals surface area contributed by atoms with Gasteiger partial charge in [-0.15, -0.1) is 0 Å². The maximum absolute atomic E-state index is 12.6. The van der Waals surface area contributed by atoms with E-state index in [1.54, 1.807) is 13.8 Å². The van der Waals surface area contributed by atoms with Crippen LogP contribution in [0.15, 0.2) is 0 Å². The standard InChI is InChI=1S/C7H13FO2/c1-3-5(4-2)6(8)7(9)10/h5-6H,3-4H2,1-2H3,(H,9,10). The van der Waals surface area contributed by atoms with Gasteiger partial charge in [0, 0.05) is 5.92 Å². The Morgan fingerprint density at radius 3 is 2.00 bits per heavy atom. The van der Waals surface area contributed by atoms with Crippen molar-refractivity contribution in [3.8, 4) is 0 Å². The summed E-state index contributed by atoms with van der Waals surface area (Å²) in [7, 11) is 0. The predicted octanol–water partition coefficient (Wildman–Crippen LogP) is 1.85. The molecule has 1 N–H and O–H groups in total. The molecule has 0 aromatic rings. The lowest BCUT2D eigenvalue weighted by Gasteiger charge is -2.12. The summed E-state index contributed by atoms with van der Waals surface area (Å²) in [5, 5.41) is 8.24. The van der Waals surface area contributed by atoms with Crippen LogP contribution in [0.4, 0.5) is 4.39 Å². The van der Waals surface area contributed by atoms with Crippen molar-refractivity contribution in [3.05, 3.63) is 0 Å². The Morgan fingerprint density at radius 1 is 1.50 bits per heavy atom. The molecule has 10 heavy (non-hydrogen) atoms. The molecular weight excluding hydrogens is 135 g/mol. The number of rotatable bonds is 4. The Balaban J connectivity index is 3.88. The summed E-state index contributed by atoms with van der Waals surface area (Å²) in [4.78, 5) is 10.1. The SMILES string of the molecule is CCC(CC)C(F)C(=O)O. The quantitative estimate of drug-likeness (QED) is 0.660. The lowest BCUT2D eigenvalue weighted by molar-refractivity contribution is -0.145. The zero-order chi connectivity index (χ0) is 8.15. The summed E-state index contributed by atoms with van der Waals surface area (Å²) in [5.74, 6) is -1.66. The van der Waals surface area contributed by atoms with Crippen LogP contribution >= 0.6 is 0 Å². The monoisotopic (exact) mass is 148 g/mol. The number of hydrogen-bond donors (Lipinski definition) is 1. The molecule has 0 aliphatic heterocycles. The summed E-state index contributed by atoms with van der Waals surface area (Å²) in [6, 6.07) is 0. The molecule has 0 aliphatic carbocycles. The van der Waals surface area contributed by atoms with Gasteiger partial charge >= 0.3 is 5.97 Å². The van der Waals surface area contributed by atoms with E-state index in [1.807, 2.05) is 0 Å². The Hall–Kier alpha value is -0.600. The Kier molecular flexibility index (Phi) is 4.00. The predicted molar refractivity (Wildman–Crippen MR) is 36.6 cm³/mol. The highest BCUT2D eigenvalue weighted by atomic mass is 19.1. The second-order valence-electron chi connectivity index (χ2n) is 2.32. The van der Waals surface area contributed by atoms with Gasteiger partial charge in [0.1, 0.15) is 0 Å². The normalized spacial score (nSPS) is 13.6. The summed E-state index contributed by atoms with van der Waals surface area (Å²) in [5.41, 5.74) is 0. The van der Waals surface area contributed by atoms with Gasteiger partial charge in [-0.2, -0.15) is 0 Å². The van der Waals surface area contributed by atoms with Crippen molar-refractivity contribution < 1.29 is 14.3 Å². The Bertz CT molecular complexity index is 110. The van der Waals surface area contributed by atoms with Gasteiger partial charge in [-0.1, -0.05) is 13.8 Å². The molecule has 0 radical (unpaired) electrons. The van der Waals surface area contributed by atoms with E-state index in [4.69, 9.17) is 5.11 Å². The van der Waals surface area contributed by atoms with Crippen LogP contribution in [-0.4, -0.2) is 17.2 Å². The fraction of sp³-hybridized carbons (Fsp3) is 0.857. The lowest BCUT2D eigenvalue weighted by atomic mass is 9.98. The number of carboxylic acids is 1. The average molecular weight is 148 g/mol. The van der Waals surface area contributed by atoms with E-state index in [-0.39, 0.29) is 5.92 Å². The summed E-state index contributed by atoms with van der Waals surface area (Å²) < 4.78 is 12.6. The van der Waals surface area contributed by atoms with E-state index >= 15 is 0 Å². The zero-order valence-corrected chi connectivity index (χ0v) is 6.30. The third-order valence-corrected chi connectivity index (χ3v) is 1.70. The summed E-state index contributed by atoms with van der Waals surface area (Å²) >= 11 is 0. The summed E-state index contributed by atoms with van der Waals surface area (Å²) in [6.45, 7) is 3.59. The van der Waals surface area contributed by atoms with Crippen LogP contribution in [0, 0.1) is 5.92 Å². The zero-order valence-electron chi connectivity index (χ0n) is 6.30. The molecule has 0 aliphatic rings. The first kappa shape index (κ1) is 9.40. The topological polar surface area (TPSA) is 37.3 Å². The molecule has 60 valence electrons. The molecule has 0 amide bonds. The average Bonchev–Trinajstić information content (AvgIpc) is 1.90. The molecule has 0 rings (SSSR count). The van der Waals surface area contributed by atoms with Crippen molar-refractivity contribution in [2.24, 2.45) is 5.92 Å². The first-order valence-electron chi connectivity index (χ1n) is 3.50. The molecule has 0 aromatic heterocycles. The maximum atomic E-state index is 12.6. The van der Waals surface area contributed by atoms with Crippen LogP contribution in [0.3, 0.4) is 0 Å². The highest BCUT2D eigenvalue weighted by molar-refractivity contribution is 5.72. The molecule has 0 saturated heterocycles. The Labute approximate surface area is 60.1 Å². The third-order valence-electron chi connectivity index (χ3n) is 1.70. The van der Waals surface area contributed by atoms with E-state index in [2.05, 4.69) is 0 Å². The minimum absolute atomic E-state index is 0.322. The molecule has 3 heteroatoms. The van der Waals surface area contributed by atoms with Crippen LogP contribution in [-0.2, 0) is 4.79 Å². The van der Waals surface area contributed by atoms with Crippen molar-refractivity contribution in [2.45, 2.75) is 32.9 Å². The molecule has 0 aromatic carbocycles. The molecule has 1 unspecified atom stereocenters. The molecule has 2 nitrogen and oxygen atoms in total. The van der Waals surface area contributed by atoms with Crippen LogP contribution in [0.1, 0.15) is 26.7 Å². The lowest BCUT2D eigenvalue weighted by Crippen LogP contribution is -2.23. The Morgan fingerprint density at radius 2 is 1.90 bits per heavy atom. The second kappa shape index (κ2) is 4.25. The molecular formula is C7H13FO2. The minimum atomic E-state index is -1.69. The molecule has 0 spiro atoms. The van der Waals surface area contributed by atoms with E-state index in [1.165, 1.54) is 0 Å². The number of hydrogen-bond acceptors (Lipinski definition) is 1. The smallest absolute Gasteiger partial charge is 0.338 e. The number of halogens is 1. The van der Waals surface area contributed by atoms with E-state index in [9.17, 15) is 9.18 Å².